The summed E-state index contributed by atoms with van der Waals surface area (Å²) in [6.07, 6.45) is 6.80. The summed E-state index contributed by atoms with van der Waals surface area (Å²) in [6.45, 7) is 6.09. The quantitative estimate of drug-likeness (QED) is 0.403. The van der Waals surface area contributed by atoms with E-state index in [1.165, 1.54) is 4.90 Å². The molecule has 3 aliphatic heterocycles. The highest BCUT2D eigenvalue weighted by Gasteiger charge is 2.62. The van der Waals surface area contributed by atoms with Crippen LogP contribution in [-0.4, -0.2) is 103 Å². The molecule has 14 nitrogen and oxygen atoms in total. The van der Waals surface area contributed by atoms with Crippen LogP contribution in [0.2, 0.25) is 0 Å². The molecule has 1 saturated heterocycles. The number of carbonyl (C=O) groups is 3. The first-order valence-electron chi connectivity index (χ1n) is 18.2. The maximum Gasteiger partial charge on any atom is 0.259 e. The number of ether oxygens (including phenoxy) is 3. The van der Waals surface area contributed by atoms with Crippen LogP contribution >= 0.6 is 0 Å². The number of hydrogen-bond donors (Lipinski definition) is 2. The standard InChI is InChI=1S/C37H48N6O8S/c1-21-16-29(42(4)40-21)28-18-32(27-13-14-31(49-5)22(2)33(27)38-28)51-25-17-30-34(44)39-37(36(46)41-52(47,48)26-11-12-26)19-24(37)10-8-6-7-9-15-50-23(3)35(45)43(30)20-25/h8,10,13-14,18,23-26,29-30H,6-7,9,11-12,15-17,19-20H2,1-5H3,(H,39,44)(H,41,46)/b10-8-/t23-,24-,25-,29?,30+,37-/m1/s1. The number of hydrazone groups is 1. The van der Waals surface area contributed by atoms with Crippen molar-refractivity contribution in [2.24, 2.45) is 11.0 Å². The maximum absolute atomic E-state index is 14.3. The topological polar surface area (TPSA) is 169 Å². The molecule has 3 amide bonds. The SMILES string of the molecule is COc1ccc2c(O[C@@H]3C[C@H]4C(=O)N[C@]5(C(=O)NS(=O)(=O)C6CC6)C[C@H]5/C=C\CCCCO[C@H](C)C(=O)N4C3)cc(C3CC(C)=NN3C)nc2c1C. The number of rotatable bonds is 7. The number of nitrogens with one attached hydrogen (secondary N) is 2. The Hall–Kier alpha value is -4.24. The highest BCUT2D eigenvalue weighted by Crippen LogP contribution is 2.46. The number of sulfonamides is 1. The van der Waals surface area contributed by atoms with Crippen LogP contribution in [-0.2, 0) is 29.1 Å². The Labute approximate surface area is 304 Å². The number of amides is 3. The van der Waals surface area contributed by atoms with Crippen LogP contribution in [0, 0.1) is 12.8 Å². The van der Waals surface area contributed by atoms with Gasteiger partial charge in [-0.1, -0.05) is 12.2 Å². The second-order valence-electron chi connectivity index (χ2n) is 14.8. The number of allylic oxidation sites excluding steroid dienone is 1. The van der Waals surface area contributed by atoms with Crippen LogP contribution in [0.1, 0.15) is 82.5 Å². The van der Waals surface area contributed by atoms with Crippen molar-refractivity contribution in [3.05, 3.63) is 41.6 Å². The Morgan fingerprint density at radius 3 is 2.63 bits per heavy atom. The van der Waals surface area contributed by atoms with E-state index < -0.39 is 50.9 Å². The van der Waals surface area contributed by atoms with Crippen molar-refractivity contribution in [1.82, 2.24) is 24.9 Å². The molecule has 0 bridgehead atoms. The number of fused-ring (bicyclic) bond motifs is 3. The van der Waals surface area contributed by atoms with Crippen molar-refractivity contribution in [3.63, 3.8) is 0 Å². The van der Waals surface area contributed by atoms with Crippen molar-refractivity contribution in [1.29, 1.82) is 0 Å². The lowest BCUT2D eigenvalue weighted by atomic mass is 10.0. The molecule has 1 aromatic carbocycles. The third-order valence-corrected chi connectivity index (χ3v) is 12.8. The van der Waals surface area contributed by atoms with Gasteiger partial charge in [-0.2, -0.15) is 5.10 Å². The Morgan fingerprint density at radius 2 is 1.92 bits per heavy atom. The predicted octanol–water partition coefficient (Wildman–Crippen LogP) is 3.28. The molecule has 2 N–H and O–H groups in total. The molecular formula is C37H48N6O8S. The number of methoxy groups -OCH3 is 1. The zero-order valence-electron chi connectivity index (χ0n) is 30.4. The minimum Gasteiger partial charge on any atom is -0.496 e. The van der Waals surface area contributed by atoms with E-state index in [2.05, 4.69) is 15.1 Å². The van der Waals surface area contributed by atoms with Gasteiger partial charge in [-0.15, -0.1) is 0 Å². The third-order valence-electron chi connectivity index (χ3n) is 11.0. The van der Waals surface area contributed by atoms with E-state index in [4.69, 9.17) is 19.2 Å². The predicted molar refractivity (Wildman–Crippen MR) is 193 cm³/mol. The Bertz CT molecular complexity index is 1950. The van der Waals surface area contributed by atoms with Crippen LogP contribution in [0.15, 0.2) is 35.5 Å². The van der Waals surface area contributed by atoms with E-state index in [1.807, 2.05) is 56.3 Å². The summed E-state index contributed by atoms with van der Waals surface area (Å²) in [5, 5.41) is 9.56. The molecule has 7 rings (SSSR count). The summed E-state index contributed by atoms with van der Waals surface area (Å²) in [5.41, 5.74) is 1.89. The average Bonchev–Trinajstić information content (AvgIpc) is 4.01. The summed E-state index contributed by atoms with van der Waals surface area (Å²) < 4.78 is 46.1. The first-order chi connectivity index (χ1) is 24.8. The smallest absolute Gasteiger partial charge is 0.259 e. The molecule has 5 aliphatic rings. The lowest BCUT2D eigenvalue weighted by molar-refractivity contribution is -0.147. The molecule has 0 spiro atoms. The molecular weight excluding hydrogens is 689 g/mol. The van der Waals surface area contributed by atoms with Crippen LogP contribution in [0.25, 0.3) is 10.9 Å². The monoisotopic (exact) mass is 736 g/mol. The number of nitrogens with zero attached hydrogens (tertiary/aromatic N) is 4. The zero-order valence-corrected chi connectivity index (χ0v) is 31.2. The minimum atomic E-state index is -3.85. The molecule has 280 valence electrons. The summed E-state index contributed by atoms with van der Waals surface area (Å²) in [5.74, 6) is -0.784. The molecule has 2 aromatic rings. The Morgan fingerprint density at radius 1 is 1.13 bits per heavy atom. The van der Waals surface area contributed by atoms with Gasteiger partial charge in [0.2, 0.25) is 15.9 Å². The number of carbonyl (C=O) groups excluding carboxylic acids is 3. The number of benzene rings is 1. The maximum atomic E-state index is 14.3. The van der Waals surface area contributed by atoms with Crippen LogP contribution in [0.5, 0.6) is 11.5 Å². The van der Waals surface area contributed by atoms with Gasteiger partial charge in [-0.25, -0.2) is 13.4 Å². The molecule has 15 heteroatoms. The van der Waals surface area contributed by atoms with Crippen LogP contribution < -0.4 is 19.5 Å². The first kappa shape index (κ1) is 36.1. The van der Waals surface area contributed by atoms with Gasteiger partial charge in [-0.3, -0.25) is 24.1 Å². The molecule has 2 aliphatic carbocycles. The third kappa shape index (κ3) is 6.96. The fraction of sp³-hybridized carbons (Fsp3) is 0.595. The van der Waals surface area contributed by atoms with Crippen molar-refractivity contribution in [2.75, 3.05) is 27.3 Å². The van der Waals surface area contributed by atoms with Crippen molar-refractivity contribution in [2.45, 2.75) is 107 Å². The fourth-order valence-electron chi connectivity index (χ4n) is 7.69. The zero-order chi connectivity index (χ0) is 36.9. The van der Waals surface area contributed by atoms with Crippen LogP contribution in [0.4, 0.5) is 0 Å². The largest absolute Gasteiger partial charge is 0.496 e. The van der Waals surface area contributed by atoms with Gasteiger partial charge in [0.25, 0.3) is 11.8 Å². The van der Waals surface area contributed by atoms with Crippen molar-refractivity contribution < 1.29 is 37.0 Å². The van der Waals surface area contributed by atoms with E-state index in [9.17, 15) is 22.8 Å². The fourth-order valence-corrected chi connectivity index (χ4v) is 9.05. The van der Waals surface area contributed by atoms with Crippen molar-refractivity contribution in [3.8, 4) is 11.5 Å². The molecule has 6 atom stereocenters. The summed E-state index contributed by atoms with van der Waals surface area (Å²) in [6, 6.07) is 4.58. The highest BCUT2D eigenvalue weighted by atomic mass is 32.2. The molecule has 1 unspecified atom stereocenters. The highest BCUT2D eigenvalue weighted by molar-refractivity contribution is 7.91. The number of pyridine rings is 1. The summed E-state index contributed by atoms with van der Waals surface area (Å²) in [4.78, 5) is 48.4. The molecule has 2 saturated carbocycles. The molecule has 3 fully saturated rings. The van der Waals surface area contributed by atoms with Crippen molar-refractivity contribution >= 4 is 44.4 Å². The van der Waals surface area contributed by atoms with Gasteiger partial charge in [0.05, 0.1) is 36.2 Å². The number of hydrogen-bond acceptors (Lipinski definition) is 11. The van der Waals surface area contributed by atoms with Gasteiger partial charge in [0.1, 0.15) is 35.3 Å². The molecule has 0 radical (unpaired) electrons. The van der Waals surface area contributed by atoms with Gasteiger partial charge in [-0.05, 0) is 71.4 Å². The lowest BCUT2D eigenvalue weighted by Gasteiger charge is -2.28. The van der Waals surface area contributed by atoms with E-state index >= 15 is 0 Å². The average molecular weight is 737 g/mol. The van der Waals surface area contributed by atoms with E-state index in [0.717, 1.165) is 47.1 Å². The van der Waals surface area contributed by atoms with Crippen LogP contribution in [0.3, 0.4) is 0 Å². The second-order valence-corrected chi connectivity index (χ2v) is 16.8. The van der Waals surface area contributed by atoms with Gasteiger partial charge < -0.3 is 24.4 Å². The summed E-state index contributed by atoms with van der Waals surface area (Å²) in [7, 11) is -0.321. The summed E-state index contributed by atoms with van der Waals surface area (Å²) >= 11 is 0. The van der Waals surface area contributed by atoms with Gasteiger partial charge in [0, 0.05) is 55.1 Å². The van der Waals surface area contributed by atoms with E-state index in [0.29, 0.717) is 37.4 Å². The van der Waals surface area contributed by atoms with Gasteiger partial charge >= 0.3 is 0 Å². The minimum absolute atomic E-state index is 0.100. The number of aromatic nitrogens is 1. The van der Waals surface area contributed by atoms with Gasteiger partial charge in [0.15, 0.2) is 0 Å². The van der Waals surface area contributed by atoms with E-state index in [1.54, 1.807) is 14.0 Å². The first-order valence-corrected chi connectivity index (χ1v) is 19.7. The Balaban J connectivity index is 1.20. The molecule has 4 heterocycles. The lowest BCUT2D eigenvalue weighted by Crippen LogP contribution is -2.57. The molecule has 1 aromatic heterocycles. The van der Waals surface area contributed by atoms with E-state index in [-0.39, 0.29) is 37.3 Å². The number of aryl methyl sites for hydroxylation is 1. The normalized spacial score (nSPS) is 30.4. The second kappa shape index (κ2) is 14.0. The molecule has 52 heavy (non-hydrogen) atoms. The Kier molecular flexibility index (Phi) is 9.70.